The first-order valence-electron chi connectivity index (χ1n) is 12.0. The summed E-state index contributed by atoms with van der Waals surface area (Å²) in [7, 11) is 1.63. The number of hydrogen-bond donors (Lipinski definition) is 1. The second-order valence-electron chi connectivity index (χ2n) is 8.88. The Morgan fingerprint density at radius 2 is 1.86 bits per heavy atom. The van der Waals surface area contributed by atoms with E-state index in [-0.39, 0.29) is 13.2 Å². The molecule has 0 saturated heterocycles. The van der Waals surface area contributed by atoms with Gasteiger partial charge in [-0.05, 0) is 49.9 Å². The lowest BCUT2D eigenvalue weighted by atomic mass is 10.2. The van der Waals surface area contributed by atoms with Gasteiger partial charge in [0.25, 0.3) is 0 Å². The van der Waals surface area contributed by atoms with E-state index in [4.69, 9.17) is 25.7 Å². The first-order chi connectivity index (χ1) is 17.1. The maximum atomic E-state index is 10.6. The fourth-order valence-corrected chi connectivity index (χ4v) is 4.07. The molecule has 1 aromatic heterocycles. The average molecular weight is 476 g/mol. The van der Waals surface area contributed by atoms with Gasteiger partial charge in [-0.15, -0.1) is 6.42 Å². The molecule has 1 aliphatic rings. The molecule has 2 aromatic carbocycles. The number of benzene rings is 2. The third-order valence-corrected chi connectivity index (χ3v) is 5.97. The molecule has 0 aliphatic heterocycles. The van der Waals surface area contributed by atoms with E-state index in [1.807, 2.05) is 66.2 Å². The normalized spacial score (nSPS) is 14.0. The SMILES string of the molecule is C#CCOCC(O)CN(Cc1c(C)nn(-c2ccccc2)c1Oc1ccccc1OC)CC1CC1. The van der Waals surface area contributed by atoms with Gasteiger partial charge in [-0.1, -0.05) is 36.3 Å². The van der Waals surface area contributed by atoms with E-state index in [0.29, 0.717) is 36.4 Å². The number of nitrogens with zero attached hydrogens (tertiary/aromatic N) is 3. The Balaban J connectivity index is 1.65. The standard InChI is InChI=1S/C28H33N3O4/c1-4-16-34-20-24(32)18-30(17-22-14-15-22)19-25-21(2)29-31(23-10-6-5-7-11-23)28(25)35-27-13-9-8-12-26(27)33-3/h1,5-13,22,24,32H,14-20H2,2-3H3. The van der Waals surface area contributed by atoms with Crippen molar-refractivity contribution in [3.8, 4) is 35.4 Å². The molecule has 1 fully saturated rings. The van der Waals surface area contributed by atoms with Gasteiger partial charge in [0, 0.05) is 19.6 Å². The summed E-state index contributed by atoms with van der Waals surface area (Å²) < 4.78 is 19.2. The lowest BCUT2D eigenvalue weighted by Crippen LogP contribution is -2.36. The maximum absolute atomic E-state index is 10.6. The monoisotopic (exact) mass is 475 g/mol. The fourth-order valence-electron chi connectivity index (χ4n) is 4.07. The van der Waals surface area contributed by atoms with E-state index >= 15 is 0 Å². The number of methoxy groups -OCH3 is 1. The lowest BCUT2D eigenvalue weighted by Gasteiger charge is -2.25. The summed E-state index contributed by atoms with van der Waals surface area (Å²) in [6.45, 7) is 4.36. The van der Waals surface area contributed by atoms with Crippen molar-refractivity contribution < 1.29 is 19.3 Å². The molecule has 3 aromatic rings. The molecule has 1 N–H and O–H groups in total. The predicted molar refractivity (Wildman–Crippen MR) is 135 cm³/mol. The largest absolute Gasteiger partial charge is 0.493 e. The van der Waals surface area contributed by atoms with Crippen molar-refractivity contribution in [1.29, 1.82) is 0 Å². The molecule has 1 heterocycles. The highest BCUT2D eigenvalue weighted by Gasteiger charge is 2.28. The number of aromatic nitrogens is 2. The Morgan fingerprint density at radius 1 is 1.14 bits per heavy atom. The van der Waals surface area contributed by atoms with Gasteiger partial charge < -0.3 is 19.3 Å². The van der Waals surface area contributed by atoms with Crippen molar-refractivity contribution in [2.75, 3.05) is 33.4 Å². The van der Waals surface area contributed by atoms with E-state index in [1.165, 1.54) is 12.8 Å². The van der Waals surface area contributed by atoms with Crippen LogP contribution < -0.4 is 9.47 Å². The molecule has 0 amide bonds. The molecule has 1 saturated carbocycles. The second kappa shape index (κ2) is 11.9. The third-order valence-electron chi connectivity index (χ3n) is 5.97. The van der Waals surface area contributed by atoms with Crippen LogP contribution in [0.15, 0.2) is 54.6 Å². The first-order valence-corrected chi connectivity index (χ1v) is 12.0. The van der Waals surface area contributed by atoms with Crippen LogP contribution in [0.1, 0.15) is 24.1 Å². The topological polar surface area (TPSA) is 69.0 Å². The summed E-state index contributed by atoms with van der Waals surface area (Å²) in [4.78, 5) is 2.26. The van der Waals surface area contributed by atoms with Crippen LogP contribution in [0.4, 0.5) is 0 Å². The van der Waals surface area contributed by atoms with Crippen molar-refractivity contribution in [2.24, 2.45) is 5.92 Å². The number of aryl methyl sites for hydroxylation is 1. The Bertz CT molecular complexity index is 1130. The van der Waals surface area contributed by atoms with Gasteiger partial charge in [0.15, 0.2) is 11.5 Å². The number of aliphatic hydroxyl groups is 1. The van der Waals surface area contributed by atoms with Crippen LogP contribution in [0.25, 0.3) is 5.69 Å². The van der Waals surface area contributed by atoms with Gasteiger partial charge in [-0.3, -0.25) is 4.90 Å². The van der Waals surface area contributed by atoms with Crippen molar-refractivity contribution >= 4 is 0 Å². The minimum absolute atomic E-state index is 0.194. The van der Waals surface area contributed by atoms with Crippen molar-refractivity contribution in [3.63, 3.8) is 0 Å². The van der Waals surface area contributed by atoms with Crippen LogP contribution in [-0.2, 0) is 11.3 Å². The van der Waals surface area contributed by atoms with E-state index < -0.39 is 6.10 Å². The van der Waals surface area contributed by atoms with Gasteiger partial charge >= 0.3 is 0 Å². The second-order valence-corrected chi connectivity index (χ2v) is 8.88. The molecule has 0 spiro atoms. The first kappa shape index (κ1) is 24.8. The average Bonchev–Trinajstić information content (AvgIpc) is 3.64. The molecule has 4 rings (SSSR count). The molecule has 1 aliphatic carbocycles. The van der Waals surface area contributed by atoms with Crippen molar-refractivity contribution in [2.45, 2.75) is 32.4 Å². The minimum Gasteiger partial charge on any atom is -0.493 e. The zero-order valence-corrected chi connectivity index (χ0v) is 20.4. The van der Waals surface area contributed by atoms with E-state index in [0.717, 1.165) is 23.5 Å². The number of ether oxygens (including phenoxy) is 3. The summed E-state index contributed by atoms with van der Waals surface area (Å²) in [6, 6.07) is 17.5. The van der Waals surface area contributed by atoms with Crippen LogP contribution in [-0.4, -0.2) is 59.3 Å². The number of para-hydroxylation sites is 3. The Labute approximate surface area is 207 Å². The molecular formula is C28H33N3O4. The van der Waals surface area contributed by atoms with Crippen LogP contribution in [0.3, 0.4) is 0 Å². The maximum Gasteiger partial charge on any atom is 0.227 e. The molecule has 7 heteroatoms. The molecule has 1 unspecified atom stereocenters. The van der Waals surface area contributed by atoms with Gasteiger partial charge in [-0.2, -0.15) is 5.10 Å². The highest BCUT2D eigenvalue weighted by atomic mass is 16.5. The summed E-state index contributed by atoms with van der Waals surface area (Å²) in [6.07, 6.45) is 7.06. The zero-order valence-electron chi connectivity index (χ0n) is 20.4. The van der Waals surface area contributed by atoms with Crippen LogP contribution in [0, 0.1) is 25.2 Å². The number of hydrogen-bond acceptors (Lipinski definition) is 6. The van der Waals surface area contributed by atoms with Crippen LogP contribution in [0.5, 0.6) is 17.4 Å². The van der Waals surface area contributed by atoms with Crippen LogP contribution >= 0.6 is 0 Å². The van der Waals surface area contributed by atoms with Crippen molar-refractivity contribution in [1.82, 2.24) is 14.7 Å². The fraction of sp³-hybridized carbons (Fsp3) is 0.393. The summed E-state index contributed by atoms with van der Waals surface area (Å²) in [5.41, 5.74) is 2.75. The lowest BCUT2D eigenvalue weighted by molar-refractivity contribution is 0.0250. The summed E-state index contributed by atoms with van der Waals surface area (Å²) in [5, 5.41) is 15.4. The van der Waals surface area contributed by atoms with E-state index in [9.17, 15) is 5.11 Å². The molecule has 1 atom stereocenters. The van der Waals surface area contributed by atoms with Gasteiger partial charge in [0.1, 0.15) is 6.61 Å². The number of rotatable bonds is 13. The predicted octanol–water partition coefficient (Wildman–Crippen LogP) is 4.20. The minimum atomic E-state index is -0.634. The Morgan fingerprint density at radius 3 is 2.54 bits per heavy atom. The number of aliphatic hydroxyl groups excluding tert-OH is 1. The quantitative estimate of drug-likeness (QED) is 0.295. The number of terminal acetylenes is 1. The summed E-state index contributed by atoms with van der Waals surface area (Å²) >= 11 is 0. The Kier molecular flexibility index (Phi) is 8.43. The van der Waals surface area contributed by atoms with Gasteiger partial charge in [0.2, 0.25) is 5.88 Å². The van der Waals surface area contributed by atoms with E-state index in [2.05, 4.69) is 10.8 Å². The van der Waals surface area contributed by atoms with Crippen molar-refractivity contribution in [3.05, 3.63) is 65.9 Å². The highest BCUT2D eigenvalue weighted by molar-refractivity contribution is 5.47. The molecule has 0 radical (unpaired) electrons. The zero-order chi connectivity index (χ0) is 24.6. The van der Waals surface area contributed by atoms with Gasteiger partial charge in [-0.25, -0.2) is 4.68 Å². The highest BCUT2D eigenvalue weighted by Crippen LogP contribution is 2.37. The third kappa shape index (κ3) is 6.64. The van der Waals surface area contributed by atoms with Gasteiger partial charge in [0.05, 0.1) is 36.8 Å². The Hall–Kier alpha value is -3.31. The molecule has 35 heavy (non-hydrogen) atoms. The van der Waals surface area contributed by atoms with E-state index in [1.54, 1.807) is 7.11 Å². The molecule has 184 valence electrons. The molecular weight excluding hydrogens is 442 g/mol. The summed E-state index contributed by atoms with van der Waals surface area (Å²) in [5.74, 6) is 4.99. The molecule has 7 nitrogen and oxygen atoms in total. The van der Waals surface area contributed by atoms with Crippen LogP contribution in [0.2, 0.25) is 0 Å². The smallest absolute Gasteiger partial charge is 0.227 e. The molecule has 0 bridgehead atoms.